The standard InChI is InChI=1S/C12H15F2NO/c13-10-3-4-12(14)9(6-10)7-15-5-1-2-11(16)8-15/h3-4,6,11,16H,1-2,5,7-8H2/t11-/m1/s1. The Bertz CT molecular complexity index is 370. The van der Waals surface area contributed by atoms with Gasteiger partial charge in [-0.1, -0.05) is 0 Å². The van der Waals surface area contributed by atoms with Gasteiger partial charge < -0.3 is 5.11 Å². The third kappa shape index (κ3) is 2.77. The lowest BCUT2D eigenvalue weighted by atomic mass is 10.1. The summed E-state index contributed by atoms with van der Waals surface area (Å²) in [5.74, 6) is -0.810. The van der Waals surface area contributed by atoms with Crippen molar-refractivity contribution < 1.29 is 13.9 Å². The quantitative estimate of drug-likeness (QED) is 0.834. The minimum Gasteiger partial charge on any atom is -0.392 e. The molecule has 1 aliphatic heterocycles. The molecule has 2 rings (SSSR count). The first-order chi connectivity index (χ1) is 7.65. The maximum atomic E-state index is 13.4. The molecule has 2 nitrogen and oxygen atoms in total. The van der Waals surface area contributed by atoms with Gasteiger partial charge in [0, 0.05) is 18.7 Å². The van der Waals surface area contributed by atoms with Crippen LogP contribution in [0.1, 0.15) is 18.4 Å². The third-order valence-electron chi connectivity index (χ3n) is 2.88. The van der Waals surface area contributed by atoms with E-state index < -0.39 is 5.82 Å². The van der Waals surface area contributed by atoms with Crippen molar-refractivity contribution in [1.29, 1.82) is 0 Å². The summed E-state index contributed by atoms with van der Waals surface area (Å²) < 4.78 is 26.3. The Morgan fingerprint density at radius 2 is 2.19 bits per heavy atom. The largest absolute Gasteiger partial charge is 0.392 e. The lowest BCUT2D eigenvalue weighted by Gasteiger charge is -2.30. The second-order valence-corrected chi connectivity index (χ2v) is 4.27. The molecule has 88 valence electrons. The number of benzene rings is 1. The molecule has 1 saturated heterocycles. The minimum atomic E-state index is -0.422. The summed E-state index contributed by atoms with van der Waals surface area (Å²) in [6.45, 7) is 1.73. The Morgan fingerprint density at radius 3 is 2.94 bits per heavy atom. The van der Waals surface area contributed by atoms with Gasteiger partial charge in [0.25, 0.3) is 0 Å². The number of aliphatic hydroxyl groups excluding tert-OH is 1. The van der Waals surface area contributed by atoms with Gasteiger partial charge in [-0.2, -0.15) is 0 Å². The number of likely N-dealkylation sites (tertiary alicyclic amines) is 1. The van der Waals surface area contributed by atoms with Gasteiger partial charge in [0.2, 0.25) is 0 Å². The van der Waals surface area contributed by atoms with Crippen LogP contribution in [0.25, 0.3) is 0 Å². The normalized spacial score (nSPS) is 22.3. The fraction of sp³-hybridized carbons (Fsp3) is 0.500. The highest BCUT2D eigenvalue weighted by molar-refractivity contribution is 5.18. The molecule has 0 spiro atoms. The highest BCUT2D eigenvalue weighted by Crippen LogP contribution is 2.16. The molecule has 1 aliphatic rings. The molecule has 1 heterocycles. The fourth-order valence-electron chi connectivity index (χ4n) is 2.08. The van der Waals surface area contributed by atoms with Gasteiger partial charge in [0.15, 0.2) is 0 Å². The SMILES string of the molecule is O[C@@H]1CCCN(Cc2cc(F)ccc2F)C1. The molecule has 0 amide bonds. The van der Waals surface area contributed by atoms with Gasteiger partial charge in [-0.3, -0.25) is 4.90 Å². The lowest BCUT2D eigenvalue weighted by molar-refractivity contribution is 0.0662. The van der Waals surface area contributed by atoms with Crippen LogP contribution >= 0.6 is 0 Å². The zero-order valence-corrected chi connectivity index (χ0v) is 9.00. The van der Waals surface area contributed by atoms with E-state index in [0.29, 0.717) is 18.7 Å². The van der Waals surface area contributed by atoms with Crippen molar-refractivity contribution in [1.82, 2.24) is 4.90 Å². The summed E-state index contributed by atoms with van der Waals surface area (Å²) in [5, 5.41) is 9.47. The molecule has 1 fully saturated rings. The van der Waals surface area contributed by atoms with Crippen LogP contribution in [0.15, 0.2) is 18.2 Å². The van der Waals surface area contributed by atoms with Gasteiger partial charge in [0.1, 0.15) is 11.6 Å². The number of β-amino-alcohol motifs (C(OH)–C–C–N with tert-alkyl or cyclic N) is 1. The molecule has 1 N–H and O–H groups in total. The molecular weight excluding hydrogens is 212 g/mol. The van der Waals surface area contributed by atoms with Gasteiger partial charge in [-0.25, -0.2) is 8.78 Å². The minimum absolute atomic E-state index is 0.342. The van der Waals surface area contributed by atoms with Crippen LogP contribution in [0, 0.1) is 11.6 Å². The zero-order valence-electron chi connectivity index (χ0n) is 9.00. The summed E-state index contributed by atoms with van der Waals surface area (Å²) in [6, 6.07) is 3.48. The second-order valence-electron chi connectivity index (χ2n) is 4.27. The summed E-state index contributed by atoms with van der Waals surface area (Å²) in [5.41, 5.74) is 0.356. The fourth-order valence-corrected chi connectivity index (χ4v) is 2.08. The maximum Gasteiger partial charge on any atom is 0.127 e. The Morgan fingerprint density at radius 1 is 1.38 bits per heavy atom. The van der Waals surface area contributed by atoms with Gasteiger partial charge >= 0.3 is 0 Å². The number of piperidine rings is 1. The van der Waals surface area contributed by atoms with Crippen molar-refractivity contribution in [3.63, 3.8) is 0 Å². The van der Waals surface area contributed by atoms with Crippen molar-refractivity contribution in [2.75, 3.05) is 13.1 Å². The van der Waals surface area contributed by atoms with E-state index in [9.17, 15) is 13.9 Å². The maximum absolute atomic E-state index is 13.4. The van der Waals surface area contributed by atoms with Crippen molar-refractivity contribution in [2.45, 2.75) is 25.5 Å². The van der Waals surface area contributed by atoms with Gasteiger partial charge in [-0.05, 0) is 37.6 Å². The van der Waals surface area contributed by atoms with Crippen LogP contribution in [0.2, 0.25) is 0 Å². The average Bonchev–Trinajstić information content (AvgIpc) is 2.24. The van der Waals surface area contributed by atoms with E-state index in [2.05, 4.69) is 0 Å². The summed E-state index contributed by atoms with van der Waals surface area (Å²) in [6.07, 6.45) is 1.35. The molecule has 0 unspecified atom stereocenters. The third-order valence-corrected chi connectivity index (χ3v) is 2.88. The molecule has 1 aromatic carbocycles. The molecular formula is C12H15F2NO. The van der Waals surface area contributed by atoms with E-state index in [-0.39, 0.29) is 11.9 Å². The molecule has 16 heavy (non-hydrogen) atoms. The topological polar surface area (TPSA) is 23.5 Å². The van der Waals surface area contributed by atoms with Crippen LogP contribution in [0.5, 0.6) is 0 Å². The molecule has 0 aromatic heterocycles. The molecule has 0 aliphatic carbocycles. The second kappa shape index (κ2) is 4.89. The van der Waals surface area contributed by atoms with E-state index in [0.717, 1.165) is 31.5 Å². The van der Waals surface area contributed by atoms with Crippen molar-refractivity contribution in [2.24, 2.45) is 0 Å². The first-order valence-electron chi connectivity index (χ1n) is 5.49. The number of aliphatic hydroxyl groups is 1. The molecule has 1 atom stereocenters. The van der Waals surface area contributed by atoms with Crippen molar-refractivity contribution in [3.05, 3.63) is 35.4 Å². The number of hydrogen-bond acceptors (Lipinski definition) is 2. The van der Waals surface area contributed by atoms with E-state index in [1.165, 1.54) is 6.07 Å². The monoisotopic (exact) mass is 227 g/mol. The van der Waals surface area contributed by atoms with Gasteiger partial charge in [-0.15, -0.1) is 0 Å². The predicted molar refractivity (Wildman–Crippen MR) is 56.9 cm³/mol. The highest BCUT2D eigenvalue weighted by atomic mass is 19.1. The summed E-state index contributed by atoms with van der Waals surface area (Å²) in [4.78, 5) is 1.95. The van der Waals surface area contributed by atoms with Crippen LogP contribution < -0.4 is 0 Å². The van der Waals surface area contributed by atoms with Crippen molar-refractivity contribution >= 4 is 0 Å². The van der Waals surface area contributed by atoms with Crippen LogP contribution in [-0.2, 0) is 6.54 Å². The van der Waals surface area contributed by atoms with Crippen LogP contribution in [0.4, 0.5) is 8.78 Å². The number of hydrogen-bond donors (Lipinski definition) is 1. The first-order valence-corrected chi connectivity index (χ1v) is 5.49. The Labute approximate surface area is 93.5 Å². The Hall–Kier alpha value is -1.00. The highest BCUT2D eigenvalue weighted by Gasteiger charge is 2.18. The average molecular weight is 227 g/mol. The molecule has 0 radical (unpaired) electrons. The van der Waals surface area contributed by atoms with E-state index in [4.69, 9.17) is 0 Å². The van der Waals surface area contributed by atoms with Crippen LogP contribution in [-0.4, -0.2) is 29.2 Å². The Kier molecular flexibility index (Phi) is 3.51. The molecule has 1 aromatic rings. The summed E-state index contributed by atoms with van der Waals surface area (Å²) >= 11 is 0. The molecule has 4 heteroatoms. The Balaban J connectivity index is 2.05. The van der Waals surface area contributed by atoms with Gasteiger partial charge in [0.05, 0.1) is 6.10 Å². The van der Waals surface area contributed by atoms with Crippen LogP contribution in [0.3, 0.4) is 0 Å². The lowest BCUT2D eigenvalue weighted by Crippen LogP contribution is -2.37. The van der Waals surface area contributed by atoms with E-state index in [1.807, 2.05) is 4.90 Å². The number of halogens is 2. The van der Waals surface area contributed by atoms with E-state index in [1.54, 1.807) is 0 Å². The smallest absolute Gasteiger partial charge is 0.127 e. The number of rotatable bonds is 2. The predicted octanol–water partition coefficient (Wildman–Crippen LogP) is 1.92. The summed E-state index contributed by atoms with van der Waals surface area (Å²) in [7, 11) is 0. The zero-order chi connectivity index (χ0) is 11.5. The molecule has 0 saturated carbocycles. The van der Waals surface area contributed by atoms with Crippen molar-refractivity contribution in [3.8, 4) is 0 Å². The number of nitrogens with zero attached hydrogens (tertiary/aromatic N) is 1. The van der Waals surface area contributed by atoms with E-state index >= 15 is 0 Å². The molecule has 0 bridgehead atoms. The first kappa shape index (κ1) is 11.5.